The summed E-state index contributed by atoms with van der Waals surface area (Å²) in [5, 5.41) is 0. The maximum absolute atomic E-state index is 14.9. The van der Waals surface area contributed by atoms with Gasteiger partial charge < -0.3 is 18.9 Å². The molecule has 2 bridgehead atoms. The number of halogens is 6. The second kappa shape index (κ2) is 11.2. The van der Waals surface area contributed by atoms with Crippen molar-refractivity contribution in [2.45, 2.75) is 135 Å². The minimum Gasteiger partial charge on any atom is -0.459 e. The Hall–Kier alpha value is -1.55. The molecular formula is C34H46F6O8S. The first-order chi connectivity index (χ1) is 22.5. The third-order valence-electron chi connectivity index (χ3n) is 13.0. The first kappa shape index (κ1) is 35.8. The highest BCUT2D eigenvalue weighted by Gasteiger charge is 2.70. The number of sulfone groups is 1. The number of fused-ring (bicyclic) bond motifs is 2. The smallest absolute Gasteiger partial charge is 0.449 e. The number of ether oxygens (including phenoxy) is 4. The summed E-state index contributed by atoms with van der Waals surface area (Å²) in [5.74, 6) is -8.68. The van der Waals surface area contributed by atoms with E-state index in [4.69, 9.17) is 28.7 Å². The molecule has 1 spiro atoms. The van der Waals surface area contributed by atoms with Crippen LogP contribution in [0.4, 0.5) is 26.3 Å². The Bertz CT molecular complexity index is 1540. The second-order valence-corrected chi connectivity index (χ2v) is 18.8. The predicted octanol–water partition coefficient (Wildman–Crippen LogP) is 7.89. The molecule has 15 heteroatoms. The Morgan fingerprint density at radius 3 is 2.12 bits per heavy atom. The summed E-state index contributed by atoms with van der Waals surface area (Å²) >= 11 is 0. The minimum atomic E-state index is -5.11. The van der Waals surface area contributed by atoms with Crippen LogP contribution in [0.5, 0.6) is 0 Å². The van der Waals surface area contributed by atoms with Crippen molar-refractivity contribution in [1.82, 2.24) is 0 Å². The topological polar surface area (TPSA) is 89.5 Å². The van der Waals surface area contributed by atoms with Crippen LogP contribution in [0.15, 0.2) is 22.7 Å². The van der Waals surface area contributed by atoms with Crippen LogP contribution in [0.25, 0.3) is 0 Å². The van der Waals surface area contributed by atoms with Gasteiger partial charge in [0.05, 0.1) is 17.1 Å². The van der Waals surface area contributed by atoms with E-state index in [1.54, 1.807) is 27.7 Å². The summed E-state index contributed by atoms with van der Waals surface area (Å²) in [6.07, 6.45) is -9.51. The van der Waals surface area contributed by atoms with Gasteiger partial charge in [0.25, 0.3) is 0 Å². The van der Waals surface area contributed by atoms with Crippen LogP contribution in [-0.2, 0) is 38.6 Å². The Labute approximate surface area is 283 Å². The largest absolute Gasteiger partial charge is 0.459 e. The van der Waals surface area contributed by atoms with E-state index >= 15 is 0 Å². The van der Waals surface area contributed by atoms with Crippen molar-refractivity contribution in [3.63, 3.8) is 0 Å². The van der Waals surface area contributed by atoms with Gasteiger partial charge in [-0.05, 0) is 94.6 Å². The summed E-state index contributed by atoms with van der Waals surface area (Å²) in [4.78, 5) is 11.6. The molecule has 0 radical (unpaired) electrons. The molecule has 0 N–H and O–H groups in total. The molecule has 6 aliphatic heterocycles. The Balaban J connectivity index is 1.31. The van der Waals surface area contributed by atoms with Crippen LogP contribution in [-0.4, -0.2) is 61.8 Å². The Morgan fingerprint density at radius 1 is 0.755 bits per heavy atom. The lowest BCUT2D eigenvalue weighted by molar-refractivity contribution is -0.557. The molecule has 4 saturated heterocycles. The van der Waals surface area contributed by atoms with Gasteiger partial charge in [-0.25, -0.2) is 18.2 Å². The molecule has 3 unspecified atom stereocenters. The highest BCUT2D eigenvalue weighted by atomic mass is 32.2. The molecule has 8 nitrogen and oxygen atoms in total. The normalized spacial score (nSPS) is 45.1. The van der Waals surface area contributed by atoms with E-state index in [1.807, 2.05) is 13.8 Å². The van der Waals surface area contributed by atoms with E-state index in [9.17, 15) is 34.8 Å². The average Bonchev–Trinajstić information content (AvgIpc) is 3.28. The fraction of sp³-hybridized carbons (Fsp3) is 0.882. The molecule has 0 aromatic rings. The molecule has 2 saturated carbocycles. The molecule has 11 atom stereocenters. The third-order valence-corrected chi connectivity index (χ3v) is 14.4. The molecular weight excluding hydrogens is 682 g/mol. The molecule has 278 valence electrons. The number of rotatable bonds is 4. The van der Waals surface area contributed by atoms with Crippen LogP contribution in [0.1, 0.15) is 92.9 Å². The van der Waals surface area contributed by atoms with Crippen LogP contribution >= 0.6 is 0 Å². The van der Waals surface area contributed by atoms with Crippen LogP contribution in [0, 0.1) is 40.9 Å². The van der Waals surface area contributed by atoms with E-state index in [-0.39, 0.29) is 36.5 Å². The maximum atomic E-state index is 14.9. The van der Waals surface area contributed by atoms with Gasteiger partial charge in [-0.2, -0.15) is 26.3 Å². The SMILES string of the molecule is C[C@@H]1CC[C@@]2(C)C(CS(=O)(=O)CC3=C(C(F)(F)F)O[C@@H]4OC5(C)CCC6[C@H](C)CC[C@@H]3[C@]64OO5)=C(C(F)(F)F)O[C@@H]3OC(C)(C)CCC1[C@@H]32. The number of hydrogen-bond donors (Lipinski definition) is 0. The minimum absolute atomic E-state index is 0.0273. The van der Waals surface area contributed by atoms with E-state index in [1.165, 1.54) is 0 Å². The van der Waals surface area contributed by atoms with Gasteiger partial charge in [0.15, 0.2) is 15.4 Å². The lowest BCUT2D eigenvalue weighted by atomic mass is 9.54. The van der Waals surface area contributed by atoms with Crippen LogP contribution < -0.4 is 0 Å². The first-order valence-corrected chi connectivity index (χ1v) is 19.2. The molecule has 8 rings (SSSR count). The zero-order valence-corrected chi connectivity index (χ0v) is 29.4. The zero-order valence-electron chi connectivity index (χ0n) is 28.6. The highest BCUT2D eigenvalue weighted by molar-refractivity contribution is 7.91. The standard InChI is InChI=1S/C34H46F6O8S/c1-17-9-13-30(5)23(26(34(38,39)40)43-27-24(30)19(17)10-12-29(3,4)45-27)16-49(41,42)15-20-22-8-7-18(2)21-11-14-31(6)46-28(32(21,22)48-47-31)44-25(20)33(35,36)37/h17-19,21-22,24,27-28H,7-16H2,1-6H3/t17-,18-,19?,21?,22+,24+,27-,28-,30+,31?,32-/m1/s1. The quantitative estimate of drug-likeness (QED) is 0.213. The first-order valence-electron chi connectivity index (χ1n) is 17.4. The van der Waals surface area contributed by atoms with Crippen molar-refractivity contribution in [3.8, 4) is 0 Å². The maximum Gasteiger partial charge on any atom is 0.449 e. The molecule has 0 aromatic carbocycles. The van der Waals surface area contributed by atoms with Crippen molar-refractivity contribution in [3.05, 3.63) is 22.7 Å². The van der Waals surface area contributed by atoms with Gasteiger partial charge in [0.1, 0.15) is 0 Å². The fourth-order valence-electron chi connectivity index (χ4n) is 10.4. The average molecular weight is 729 g/mol. The monoisotopic (exact) mass is 728 g/mol. The van der Waals surface area contributed by atoms with Crippen molar-refractivity contribution in [2.24, 2.45) is 40.9 Å². The van der Waals surface area contributed by atoms with Crippen molar-refractivity contribution >= 4 is 9.84 Å². The Morgan fingerprint density at radius 2 is 1.45 bits per heavy atom. The van der Waals surface area contributed by atoms with E-state index in [2.05, 4.69) is 0 Å². The highest BCUT2D eigenvalue weighted by Crippen LogP contribution is 2.63. The zero-order chi connectivity index (χ0) is 35.7. The van der Waals surface area contributed by atoms with Crippen molar-refractivity contribution in [1.29, 1.82) is 0 Å². The van der Waals surface area contributed by atoms with Crippen molar-refractivity contribution < 1.29 is 63.5 Å². The predicted molar refractivity (Wildman–Crippen MR) is 161 cm³/mol. The number of hydrogen-bond acceptors (Lipinski definition) is 8. The summed E-state index contributed by atoms with van der Waals surface area (Å²) < 4.78 is 141. The number of alkyl halides is 6. The van der Waals surface area contributed by atoms with Gasteiger partial charge in [-0.1, -0.05) is 20.8 Å². The van der Waals surface area contributed by atoms with E-state index < -0.39 is 103 Å². The lowest BCUT2D eigenvalue weighted by Crippen LogP contribution is -2.67. The summed E-state index contributed by atoms with van der Waals surface area (Å²) in [7, 11) is -4.71. The molecule has 49 heavy (non-hydrogen) atoms. The number of allylic oxidation sites excluding steroid dienone is 2. The van der Waals surface area contributed by atoms with E-state index in [0.717, 1.165) is 0 Å². The summed E-state index contributed by atoms with van der Waals surface area (Å²) in [6, 6.07) is 0. The van der Waals surface area contributed by atoms with Crippen LogP contribution in [0.3, 0.4) is 0 Å². The summed E-state index contributed by atoms with van der Waals surface area (Å²) in [5.41, 5.74) is -4.65. The summed E-state index contributed by atoms with van der Waals surface area (Å²) in [6.45, 7) is 10.8. The van der Waals surface area contributed by atoms with Gasteiger partial charge in [0, 0.05) is 29.6 Å². The van der Waals surface area contributed by atoms with E-state index in [0.29, 0.717) is 38.5 Å². The fourth-order valence-corrected chi connectivity index (χ4v) is 12.2. The van der Waals surface area contributed by atoms with Crippen LogP contribution in [0.2, 0.25) is 0 Å². The Kier molecular flexibility index (Phi) is 8.21. The van der Waals surface area contributed by atoms with Gasteiger partial charge >= 0.3 is 12.4 Å². The van der Waals surface area contributed by atoms with Gasteiger partial charge in [-0.15, -0.1) is 0 Å². The third kappa shape index (κ3) is 5.74. The van der Waals surface area contributed by atoms with Gasteiger partial charge in [0.2, 0.25) is 29.9 Å². The van der Waals surface area contributed by atoms with Gasteiger partial charge in [-0.3, -0.25) is 0 Å². The lowest BCUT2D eigenvalue weighted by Gasteiger charge is -2.57. The molecule has 8 aliphatic rings. The van der Waals surface area contributed by atoms with Crippen molar-refractivity contribution in [2.75, 3.05) is 11.5 Å². The molecule has 0 aromatic heterocycles. The molecule has 0 amide bonds. The molecule has 6 heterocycles. The second-order valence-electron chi connectivity index (χ2n) is 16.7. The molecule has 2 aliphatic carbocycles. The molecule has 6 fully saturated rings.